The minimum atomic E-state index is 0.154. The smallest absolute Gasteiger partial charge is 0.0630 e. The van der Waals surface area contributed by atoms with Gasteiger partial charge in [0.05, 0.1) is 12.1 Å². The lowest BCUT2D eigenvalue weighted by molar-refractivity contribution is 0.997. The molecule has 174 valence electrons. The van der Waals surface area contributed by atoms with Crippen LogP contribution in [0.5, 0.6) is 0 Å². The van der Waals surface area contributed by atoms with Crippen molar-refractivity contribution in [2.75, 3.05) is 27.0 Å². The summed E-state index contributed by atoms with van der Waals surface area (Å²) in [6.07, 6.45) is 8.74. The Bertz CT molecular complexity index is 1260. The number of anilines is 7. The van der Waals surface area contributed by atoms with Crippen molar-refractivity contribution in [2.45, 2.75) is 12.1 Å². The van der Waals surface area contributed by atoms with Crippen LogP contribution in [-0.4, -0.2) is 12.1 Å². The van der Waals surface area contributed by atoms with Crippen LogP contribution in [0.25, 0.3) is 0 Å². The predicted molar refractivity (Wildman–Crippen MR) is 150 cm³/mol. The molecule has 0 radical (unpaired) electrons. The summed E-state index contributed by atoms with van der Waals surface area (Å²) < 4.78 is 0. The minimum absolute atomic E-state index is 0.154. The van der Waals surface area contributed by atoms with E-state index in [4.69, 9.17) is 5.73 Å². The number of nitrogens with one attached hydrogen (secondary N) is 4. The second kappa shape index (κ2) is 10.5. The molecule has 0 spiro atoms. The fourth-order valence-electron chi connectivity index (χ4n) is 3.91. The zero-order valence-electron chi connectivity index (χ0n) is 19.4. The van der Waals surface area contributed by atoms with Crippen molar-refractivity contribution in [1.29, 1.82) is 0 Å². The molecule has 5 heteroatoms. The molecule has 0 atom stereocenters. The Morgan fingerprint density at radius 1 is 0.400 bits per heavy atom. The van der Waals surface area contributed by atoms with Crippen LogP contribution < -0.4 is 27.0 Å². The van der Waals surface area contributed by atoms with Gasteiger partial charge in [-0.3, -0.25) is 0 Å². The van der Waals surface area contributed by atoms with E-state index in [-0.39, 0.29) is 12.1 Å². The van der Waals surface area contributed by atoms with Gasteiger partial charge in [0.25, 0.3) is 0 Å². The van der Waals surface area contributed by atoms with Crippen LogP contribution in [0.3, 0.4) is 0 Å². The monoisotopic (exact) mass is 459 g/mol. The van der Waals surface area contributed by atoms with Crippen LogP contribution in [0.2, 0.25) is 0 Å². The molecule has 5 nitrogen and oxygen atoms in total. The third kappa shape index (κ3) is 6.24. The minimum Gasteiger partial charge on any atom is -0.399 e. The van der Waals surface area contributed by atoms with Gasteiger partial charge in [-0.05, 0) is 84.9 Å². The SMILES string of the molecule is Nc1ccc(Nc2ccc(NC3C=CC(Nc4ccc(Nc5ccccc5)cc4)C=C3)cc2)cc1. The fourth-order valence-corrected chi connectivity index (χ4v) is 3.91. The second-order valence-corrected chi connectivity index (χ2v) is 8.50. The molecule has 6 N–H and O–H groups in total. The van der Waals surface area contributed by atoms with Gasteiger partial charge in [-0.25, -0.2) is 0 Å². The predicted octanol–water partition coefficient (Wildman–Crippen LogP) is 7.14. The van der Waals surface area contributed by atoms with E-state index in [0.717, 1.165) is 39.8 Å². The summed E-state index contributed by atoms with van der Waals surface area (Å²) >= 11 is 0. The van der Waals surface area contributed by atoms with Crippen molar-refractivity contribution in [3.05, 3.63) is 127 Å². The zero-order chi connectivity index (χ0) is 23.9. The highest BCUT2D eigenvalue weighted by molar-refractivity contribution is 5.65. The zero-order valence-corrected chi connectivity index (χ0v) is 19.4. The van der Waals surface area contributed by atoms with E-state index >= 15 is 0 Å². The summed E-state index contributed by atoms with van der Waals surface area (Å²) in [5, 5.41) is 13.9. The van der Waals surface area contributed by atoms with Gasteiger partial charge in [0.2, 0.25) is 0 Å². The summed E-state index contributed by atoms with van der Waals surface area (Å²) in [5.41, 5.74) is 12.9. The third-order valence-electron chi connectivity index (χ3n) is 5.75. The molecule has 0 amide bonds. The molecule has 0 saturated heterocycles. The highest BCUT2D eigenvalue weighted by Crippen LogP contribution is 2.22. The Labute approximate surface area is 206 Å². The normalized spacial score (nSPS) is 16.5. The number of para-hydroxylation sites is 1. The van der Waals surface area contributed by atoms with Gasteiger partial charge in [0.15, 0.2) is 0 Å². The van der Waals surface area contributed by atoms with Gasteiger partial charge in [-0.15, -0.1) is 0 Å². The van der Waals surface area contributed by atoms with Crippen molar-refractivity contribution in [1.82, 2.24) is 0 Å². The standard InChI is InChI=1S/C30H29N5/c31-22-6-8-24(9-7-22)33-26-14-16-28(17-15-26)35-30-20-18-29(19-21-30)34-27-12-10-25(11-13-27)32-23-4-2-1-3-5-23/h1-21,29-30,32-35H,31H2. The molecular weight excluding hydrogens is 430 g/mol. The maximum atomic E-state index is 5.75. The average Bonchev–Trinajstić information content (AvgIpc) is 2.89. The molecule has 4 aromatic rings. The molecule has 0 unspecified atom stereocenters. The Hall–Kier alpha value is -4.64. The summed E-state index contributed by atoms with van der Waals surface area (Å²) in [6.45, 7) is 0. The first kappa shape index (κ1) is 22.2. The topological polar surface area (TPSA) is 74.1 Å². The number of hydrogen-bond donors (Lipinski definition) is 5. The summed E-state index contributed by atoms with van der Waals surface area (Å²) in [5.74, 6) is 0. The molecule has 35 heavy (non-hydrogen) atoms. The quantitative estimate of drug-likeness (QED) is 0.143. The maximum absolute atomic E-state index is 5.75. The lowest BCUT2D eigenvalue weighted by atomic mass is 10.1. The Morgan fingerprint density at radius 2 is 0.743 bits per heavy atom. The van der Waals surface area contributed by atoms with Crippen molar-refractivity contribution in [2.24, 2.45) is 0 Å². The molecule has 0 saturated carbocycles. The van der Waals surface area contributed by atoms with Gasteiger partial charge in [-0.2, -0.15) is 0 Å². The number of nitrogens with two attached hydrogens (primary N) is 1. The number of benzene rings is 4. The molecule has 1 aliphatic carbocycles. The average molecular weight is 460 g/mol. The Balaban J connectivity index is 1.10. The van der Waals surface area contributed by atoms with Crippen molar-refractivity contribution in [3.8, 4) is 0 Å². The number of hydrogen-bond acceptors (Lipinski definition) is 5. The summed E-state index contributed by atoms with van der Waals surface area (Å²) in [7, 11) is 0. The van der Waals surface area contributed by atoms with Crippen LogP contribution in [0, 0.1) is 0 Å². The van der Waals surface area contributed by atoms with E-state index in [2.05, 4.69) is 106 Å². The van der Waals surface area contributed by atoms with Crippen molar-refractivity contribution >= 4 is 39.8 Å². The molecule has 0 fully saturated rings. The van der Waals surface area contributed by atoms with E-state index in [0.29, 0.717) is 0 Å². The summed E-state index contributed by atoms with van der Waals surface area (Å²) in [6, 6.07) is 34.9. The van der Waals surface area contributed by atoms with Gasteiger partial charge in [0, 0.05) is 39.8 Å². The molecular formula is C30H29N5. The first-order chi connectivity index (χ1) is 17.2. The first-order valence-electron chi connectivity index (χ1n) is 11.7. The molecule has 0 heterocycles. The molecule has 0 aliphatic heterocycles. The van der Waals surface area contributed by atoms with E-state index in [1.54, 1.807) is 0 Å². The maximum Gasteiger partial charge on any atom is 0.0630 e. The second-order valence-electron chi connectivity index (χ2n) is 8.50. The largest absolute Gasteiger partial charge is 0.399 e. The fraction of sp³-hybridized carbons (Fsp3) is 0.0667. The van der Waals surface area contributed by atoms with Crippen LogP contribution in [-0.2, 0) is 0 Å². The van der Waals surface area contributed by atoms with Gasteiger partial charge in [-0.1, -0.05) is 42.5 Å². The van der Waals surface area contributed by atoms with Crippen LogP contribution in [0.15, 0.2) is 127 Å². The highest BCUT2D eigenvalue weighted by Gasteiger charge is 2.10. The van der Waals surface area contributed by atoms with E-state index in [9.17, 15) is 0 Å². The molecule has 4 aromatic carbocycles. The van der Waals surface area contributed by atoms with Crippen LogP contribution in [0.1, 0.15) is 0 Å². The summed E-state index contributed by atoms with van der Waals surface area (Å²) in [4.78, 5) is 0. The van der Waals surface area contributed by atoms with Gasteiger partial charge >= 0.3 is 0 Å². The van der Waals surface area contributed by atoms with E-state index in [1.807, 2.05) is 42.5 Å². The number of rotatable bonds is 8. The lowest BCUT2D eigenvalue weighted by Gasteiger charge is -2.21. The molecule has 0 aromatic heterocycles. The van der Waals surface area contributed by atoms with Gasteiger partial charge in [0.1, 0.15) is 0 Å². The van der Waals surface area contributed by atoms with Crippen LogP contribution in [0.4, 0.5) is 39.8 Å². The van der Waals surface area contributed by atoms with Crippen LogP contribution >= 0.6 is 0 Å². The Morgan fingerprint density at radius 3 is 1.17 bits per heavy atom. The first-order valence-corrected chi connectivity index (χ1v) is 11.7. The lowest BCUT2D eigenvalue weighted by Crippen LogP contribution is -2.22. The molecule has 1 aliphatic rings. The van der Waals surface area contributed by atoms with Crippen molar-refractivity contribution in [3.63, 3.8) is 0 Å². The van der Waals surface area contributed by atoms with E-state index in [1.165, 1.54) is 0 Å². The van der Waals surface area contributed by atoms with E-state index < -0.39 is 0 Å². The molecule has 0 bridgehead atoms. The van der Waals surface area contributed by atoms with Crippen molar-refractivity contribution < 1.29 is 0 Å². The Kier molecular flexibility index (Phi) is 6.67. The molecule has 5 rings (SSSR count). The van der Waals surface area contributed by atoms with Gasteiger partial charge < -0.3 is 27.0 Å². The highest BCUT2D eigenvalue weighted by atomic mass is 14.9. The number of nitrogen functional groups attached to an aromatic ring is 1. The third-order valence-corrected chi connectivity index (χ3v) is 5.75.